The standard InChI is InChI=1S/C16H14ClN3O4/c17-13-6-4-11(5-7-13)9-18-15(21)10-19-16(22)12-2-1-3-14(8-12)20(23)24/h1-8H,9-10H2,(H,18,21)(H,19,22). The second-order valence-electron chi connectivity index (χ2n) is 4.89. The molecular formula is C16H14ClN3O4. The number of carbonyl (C=O) groups excluding carboxylic acids is 2. The van der Waals surface area contributed by atoms with Crippen molar-refractivity contribution < 1.29 is 14.5 Å². The van der Waals surface area contributed by atoms with Gasteiger partial charge in [0, 0.05) is 29.3 Å². The van der Waals surface area contributed by atoms with Crippen LogP contribution in [0.15, 0.2) is 48.5 Å². The number of hydrogen-bond acceptors (Lipinski definition) is 4. The van der Waals surface area contributed by atoms with E-state index in [0.717, 1.165) is 11.6 Å². The highest BCUT2D eigenvalue weighted by Crippen LogP contribution is 2.12. The van der Waals surface area contributed by atoms with E-state index in [1.54, 1.807) is 24.3 Å². The topological polar surface area (TPSA) is 101 Å². The quantitative estimate of drug-likeness (QED) is 0.618. The van der Waals surface area contributed by atoms with Gasteiger partial charge in [-0.05, 0) is 23.8 Å². The Morgan fingerprint density at radius 3 is 2.46 bits per heavy atom. The number of nitrogens with zero attached hydrogens (tertiary/aromatic N) is 1. The van der Waals surface area contributed by atoms with Crippen LogP contribution in [0.25, 0.3) is 0 Å². The van der Waals surface area contributed by atoms with E-state index in [4.69, 9.17) is 11.6 Å². The van der Waals surface area contributed by atoms with Crippen LogP contribution in [-0.2, 0) is 11.3 Å². The van der Waals surface area contributed by atoms with Gasteiger partial charge in [0.2, 0.25) is 5.91 Å². The van der Waals surface area contributed by atoms with Crippen LogP contribution >= 0.6 is 11.6 Å². The highest BCUT2D eigenvalue weighted by Gasteiger charge is 2.12. The van der Waals surface area contributed by atoms with E-state index in [1.165, 1.54) is 18.2 Å². The van der Waals surface area contributed by atoms with Crippen LogP contribution in [0.3, 0.4) is 0 Å². The molecule has 2 rings (SSSR count). The fourth-order valence-corrected chi connectivity index (χ4v) is 2.01. The zero-order chi connectivity index (χ0) is 17.5. The summed E-state index contributed by atoms with van der Waals surface area (Å²) in [7, 11) is 0. The second kappa shape index (κ2) is 8.07. The van der Waals surface area contributed by atoms with Gasteiger partial charge in [-0.3, -0.25) is 19.7 Å². The van der Waals surface area contributed by atoms with Gasteiger partial charge < -0.3 is 10.6 Å². The molecule has 0 atom stereocenters. The number of carbonyl (C=O) groups is 2. The van der Waals surface area contributed by atoms with Crippen molar-refractivity contribution in [3.63, 3.8) is 0 Å². The molecule has 124 valence electrons. The van der Waals surface area contributed by atoms with Crippen LogP contribution < -0.4 is 10.6 Å². The lowest BCUT2D eigenvalue weighted by atomic mass is 10.2. The number of nitrogens with one attached hydrogen (secondary N) is 2. The van der Waals surface area contributed by atoms with E-state index < -0.39 is 10.8 Å². The largest absolute Gasteiger partial charge is 0.350 e. The average Bonchev–Trinajstić information content (AvgIpc) is 2.59. The van der Waals surface area contributed by atoms with Gasteiger partial charge in [-0.1, -0.05) is 29.8 Å². The van der Waals surface area contributed by atoms with E-state index >= 15 is 0 Å². The van der Waals surface area contributed by atoms with Crippen LogP contribution in [0.4, 0.5) is 5.69 Å². The Kier molecular flexibility index (Phi) is 5.86. The molecule has 2 aromatic carbocycles. The molecule has 0 saturated heterocycles. The van der Waals surface area contributed by atoms with Crippen LogP contribution in [0, 0.1) is 10.1 Å². The van der Waals surface area contributed by atoms with Gasteiger partial charge in [0.25, 0.3) is 11.6 Å². The van der Waals surface area contributed by atoms with Crippen molar-refractivity contribution in [3.8, 4) is 0 Å². The van der Waals surface area contributed by atoms with Crippen LogP contribution in [0.1, 0.15) is 15.9 Å². The molecule has 0 unspecified atom stereocenters. The highest BCUT2D eigenvalue weighted by molar-refractivity contribution is 6.30. The maximum absolute atomic E-state index is 11.9. The number of amides is 2. The van der Waals surface area contributed by atoms with Crippen LogP contribution in [0.2, 0.25) is 5.02 Å². The number of non-ortho nitro benzene ring substituents is 1. The molecule has 0 bridgehead atoms. The third-order valence-electron chi connectivity index (χ3n) is 3.13. The normalized spacial score (nSPS) is 10.0. The fourth-order valence-electron chi connectivity index (χ4n) is 1.89. The molecule has 2 aromatic rings. The summed E-state index contributed by atoms with van der Waals surface area (Å²) < 4.78 is 0. The molecule has 0 spiro atoms. The SMILES string of the molecule is O=C(CNC(=O)c1cccc([N+](=O)[O-])c1)NCc1ccc(Cl)cc1. The zero-order valence-electron chi connectivity index (χ0n) is 12.5. The van der Waals surface area contributed by atoms with E-state index in [0.29, 0.717) is 11.6 Å². The average molecular weight is 348 g/mol. The molecule has 0 radical (unpaired) electrons. The van der Waals surface area contributed by atoms with Gasteiger partial charge >= 0.3 is 0 Å². The first-order valence-corrected chi connectivity index (χ1v) is 7.37. The van der Waals surface area contributed by atoms with Gasteiger partial charge in [0.1, 0.15) is 0 Å². The molecule has 0 fully saturated rings. The van der Waals surface area contributed by atoms with Gasteiger partial charge in [-0.25, -0.2) is 0 Å². The minimum Gasteiger partial charge on any atom is -0.350 e. The summed E-state index contributed by atoms with van der Waals surface area (Å²) in [5, 5.41) is 16.4. The number of nitro benzene ring substituents is 1. The molecular weight excluding hydrogens is 334 g/mol. The molecule has 7 nitrogen and oxygen atoms in total. The summed E-state index contributed by atoms with van der Waals surface area (Å²) in [4.78, 5) is 33.7. The summed E-state index contributed by atoms with van der Waals surface area (Å²) in [6.07, 6.45) is 0. The van der Waals surface area contributed by atoms with Crippen LogP contribution in [-0.4, -0.2) is 23.3 Å². The lowest BCUT2D eigenvalue weighted by molar-refractivity contribution is -0.384. The number of rotatable bonds is 6. The molecule has 0 heterocycles. The number of benzene rings is 2. The number of halogens is 1. The Hall–Kier alpha value is -2.93. The Balaban J connectivity index is 1.82. The van der Waals surface area contributed by atoms with E-state index in [9.17, 15) is 19.7 Å². The first-order chi connectivity index (χ1) is 11.5. The Bertz CT molecular complexity index is 762. The van der Waals surface area contributed by atoms with Crippen molar-refractivity contribution in [2.75, 3.05) is 6.54 Å². The maximum Gasteiger partial charge on any atom is 0.270 e. The molecule has 0 aromatic heterocycles. The van der Waals surface area contributed by atoms with Gasteiger partial charge in [0.15, 0.2) is 0 Å². The predicted octanol–water partition coefficient (Wildman–Crippen LogP) is 2.29. The van der Waals surface area contributed by atoms with Crippen molar-refractivity contribution in [1.82, 2.24) is 10.6 Å². The minimum absolute atomic E-state index is 0.120. The lowest BCUT2D eigenvalue weighted by Crippen LogP contribution is -2.36. The summed E-state index contributed by atoms with van der Waals surface area (Å²) in [5.74, 6) is -0.927. The maximum atomic E-state index is 11.9. The molecule has 0 aliphatic rings. The van der Waals surface area contributed by atoms with Gasteiger partial charge in [-0.2, -0.15) is 0 Å². The minimum atomic E-state index is -0.588. The smallest absolute Gasteiger partial charge is 0.270 e. The first-order valence-electron chi connectivity index (χ1n) is 6.99. The monoisotopic (exact) mass is 347 g/mol. The van der Waals surface area contributed by atoms with Crippen molar-refractivity contribution in [2.24, 2.45) is 0 Å². The van der Waals surface area contributed by atoms with E-state index in [1.807, 2.05) is 0 Å². The summed E-state index contributed by atoms with van der Waals surface area (Å²) in [6, 6.07) is 12.3. The summed E-state index contributed by atoms with van der Waals surface area (Å²) in [6.45, 7) is 0.0811. The van der Waals surface area contributed by atoms with E-state index in [-0.39, 0.29) is 23.7 Å². The summed E-state index contributed by atoms with van der Waals surface area (Å²) >= 11 is 5.77. The Labute approximate surface area is 142 Å². The molecule has 8 heteroatoms. The molecule has 2 N–H and O–H groups in total. The summed E-state index contributed by atoms with van der Waals surface area (Å²) in [5.41, 5.74) is 0.808. The third-order valence-corrected chi connectivity index (χ3v) is 3.38. The Morgan fingerprint density at radius 2 is 1.79 bits per heavy atom. The van der Waals surface area contributed by atoms with Gasteiger partial charge in [0.05, 0.1) is 11.5 Å². The number of hydrogen-bond donors (Lipinski definition) is 2. The highest BCUT2D eigenvalue weighted by atomic mass is 35.5. The van der Waals surface area contributed by atoms with Crippen molar-refractivity contribution in [2.45, 2.75) is 6.54 Å². The van der Waals surface area contributed by atoms with E-state index in [2.05, 4.69) is 10.6 Å². The van der Waals surface area contributed by atoms with Crippen molar-refractivity contribution >= 4 is 29.1 Å². The second-order valence-corrected chi connectivity index (χ2v) is 5.33. The number of nitro groups is 1. The van der Waals surface area contributed by atoms with Crippen molar-refractivity contribution in [3.05, 3.63) is 74.8 Å². The molecule has 0 aliphatic heterocycles. The Morgan fingerprint density at radius 1 is 1.08 bits per heavy atom. The van der Waals surface area contributed by atoms with Crippen molar-refractivity contribution in [1.29, 1.82) is 0 Å². The van der Waals surface area contributed by atoms with Gasteiger partial charge in [-0.15, -0.1) is 0 Å². The first kappa shape index (κ1) is 17.4. The fraction of sp³-hybridized carbons (Fsp3) is 0.125. The van der Waals surface area contributed by atoms with Crippen LogP contribution in [0.5, 0.6) is 0 Å². The molecule has 0 aliphatic carbocycles. The molecule has 24 heavy (non-hydrogen) atoms. The third kappa shape index (κ3) is 5.06. The molecule has 0 saturated carbocycles. The lowest BCUT2D eigenvalue weighted by Gasteiger charge is -2.07. The zero-order valence-corrected chi connectivity index (χ0v) is 13.2. The predicted molar refractivity (Wildman–Crippen MR) is 88.7 cm³/mol. The molecule has 2 amide bonds.